The maximum absolute atomic E-state index is 5.83. The van der Waals surface area contributed by atoms with Crippen molar-refractivity contribution in [1.82, 2.24) is 0 Å². The first-order chi connectivity index (χ1) is 10.6. The molecule has 2 rings (SSSR count). The zero-order valence-corrected chi connectivity index (χ0v) is 14.1. The lowest BCUT2D eigenvalue weighted by atomic mass is 9.78. The average Bonchev–Trinajstić information content (AvgIpc) is 2.56. The van der Waals surface area contributed by atoms with Gasteiger partial charge in [0.15, 0.2) is 0 Å². The Hall–Kier alpha value is -1.76. The van der Waals surface area contributed by atoms with Crippen LogP contribution in [0.3, 0.4) is 0 Å². The number of rotatable bonds is 8. The predicted octanol–water partition coefficient (Wildman–Crippen LogP) is 5.97. The summed E-state index contributed by atoms with van der Waals surface area (Å²) in [6.45, 7) is 7.58. The van der Waals surface area contributed by atoms with Gasteiger partial charge in [-0.25, -0.2) is 0 Å². The Morgan fingerprint density at radius 2 is 1.41 bits per heavy atom. The third-order valence-corrected chi connectivity index (χ3v) is 4.34. The van der Waals surface area contributed by atoms with Gasteiger partial charge in [0.25, 0.3) is 0 Å². The van der Waals surface area contributed by atoms with Gasteiger partial charge in [0, 0.05) is 5.41 Å². The molecule has 0 aromatic heterocycles. The Morgan fingerprint density at radius 3 is 2.05 bits per heavy atom. The molecule has 0 unspecified atom stereocenters. The molecular formula is C21H28O. The highest BCUT2D eigenvalue weighted by Crippen LogP contribution is 2.32. The van der Waals surface area contributed by atoms with E-state index in [4.69, 9.17) is 4.74 Å². The van der Waals surface area contributed by atoms with E-state index in [2.05, 4.69) is 75.4 Å². The van der Waals surface area contributed by atoms with Gasteiger partial charge in [-0.05, 0) is 29.7 Å². The van der Waals surface area contributed by atoms with Crippen molar-refractivity contribution in [3.05, 3.63) is 65.7 Å². The van der Waals surface area contributed by atoms with Gasteiger partial charge in [-0.3, -0.25) is 0 Å². The van der Waals surface area contributed by atoms with Gasteiger partial charge in [0.2, 0.25) is 0 Å². The molecule has 0 fully saturated rings. The van der Waals surface area contributed by atoms with Crippen molar-refractivity contribution in [3.63, 3.8) is 0 Å². The second kappa shape index (κ2) is 8.03. The minimum absolute atomic E-state index is 0.0148. The molecule has 0 bridgehead atoms. The highest BCUT2D eigenvalue weighted by atomic mass is 16.5. The third kappa shape index (κ3) is 4.37. The van der Waals surface area contributed by atoms with Crippen molar-refractivity contribution in [2.45, 2.75) is 51.9 Å². The van der Waals surface area contributed by atoms with Gasteiger partial charge in [0.1, 0.15) is 5.75 Å². The molecule has 0 atom stereocenters. The Labute approximate surface area is 135 Å². The highest BCUT2D eigenvalue weighted by molar-refractivity contribution is 5.39. The quantitative estimate of drug-likeness (QED) is 0.545. The number of unbranched alkanes of at least 4 members (excludes halogenated alkanes) is 3. The fraction of sp³-hybridized carbons (Fsp3) is 0.429. The van der Waals surface area contributed by atoms with Crippen LogP contribution in [0, 0.1) is 0 Å². The molecule has 118 valence electrons. The Morgan fingerprint density at radius 1 is 0.773 bits per heavy atom. The maximum atomic E-state index is 5.83. The molecule has 0 amide bonds. The van der Waals surface area contributed by atoms with Crippen molar-refractivity contribution in [2.24, 2.45) is 0 Å². The van der Waals surface area contributed by atoms with Crippen LogP contribution in [0.1, 0.15) is 57.6 Å². The monoisotopic (exact) mass is 296 g/mol. The normalized spacial score (nSPS) is 11.4. The Bertz CT molecular complexity index is 540. The zero-order valence-electron chi connectivity index (χ0n) is 14.1. The molecule has 0 aliphatic heterocycles. The van der Waals surface area contributed by atoms with E-state index in [-0.39, 0.29) is 5.41 Å². The largest absolute Gasteiger partial charge is 0.494 e. The molecule has 0 radical (unpaired) electrons. The second-order valence-electron chi connectivity index (χ2n) is 6.42. The van der Waals surface area contributed by atoms with Crippen molar-refractivity contribution in [1.29, 1.82) is 0 Å². The Kier molecular flexibility index (Phi) is 6.06. The summed E-state index contributed by atoms with van der Waals surface area (Å²) in [5, 5.41) is 0. The van der Waals surface area contributed by atoms with Crippen LogP contribution in [-0.4, -0.2) is 6.61 Å². The van der Waals surface area contributed by atoms with Crippen LogP contribution in [-0.2, 0) is 5.41 Å². The average molecular weight is 296 g/mol. The first-order valence-electron chi connectivity index (χ1n) is 8.43. The third-order valence-electron chi connectivity index (χ3n) is 4.34. The summed E-state index contributed by atoms with van der Waals surface area (Å²) in [7, 11) is 0. The van der Waals surface area contributed by atoms with Crippen LogP contribution in [0.2, 0.25) is 0 Å². The van der Waals surface area contributed by atoms with Crippen molar-refractivity contribution in [2.75, 3.05) is 6.61 Å². The van der Waals surface area contributed by atoms with Gasteiger partial charge in [0.05, 0.1) is 6.61 Å². The Balaban J connectivity index is 1.96. The van der Waals surface area contributed by atoms with E-state index >= 15 is 0 Å². The predicted molar refractivity (Wildman–Crippen MR) is 94.6 cm³/mol. The molecule has 1 heteroatoms. The lowest BCUT2D eigenvalue weighted by Gasteiger charge is -2.26. The summed E-state index contributed by atoms with van der Waals surface area (Å²) in [5.74, 6) is 0.976. The van der Waals surface area contributed by atoms with Gasteiger partial charge in [-0.15, -0.1) is 0 Å². The molecule has 2 aromatic carbocycles. The number of hydrogen-bond acceptors (Lipinski definition) is 1. The highest BCUT2D eigenvalue weighted by Gasteiger charge is 2.22. The maximum Gasteiger partial charge on any atom is 0.119 e. The molecule has 0 spiro atoms. The van der Waals surface area contributed by atoms with Gasteiger partial charge >= 0.3 is 0 Å². The molecular weight excluding hydrogens is 268 g/mol. The topological polar surface area (TPSA) is 9.23 Å². The number of hydrogen-bond donors (Lipinski definition) is 0. The van der Waals surface area contributed by atoms with Gasteiger partial charge in [-0.2, -0.15) is 0 Å². The van der Waals surface area contributed by atoms with Crippen LogP contribution in [0.15, 0.2) is 54.6 Å². The van der Waals surface area contributed by atoms with E-state index in [0.717, 1.165) is 18.8 Å². The van der Waals surface area contributed by atoms with E-state index in [1.165, 1.54) is 30.4 Å². The SMILES string of the molecule is CCCCCCOc1ccc(C(C)(C)c2ccccc2)cc1. The summed E-state index contributed by atoms with van der Waals surface area (Å²) < 4.78 is 5.83. The first kappa shape index (κ1) is 16.6. The molecule has 1 nitrogen and oxygen atoms in total. The molecule has 2 aromatic rings. The lowest BCUT2D eigenvalue weighted by Crippen LogP contribution is -2.18. The fourth-order valence-electron chi connectivity index (χ4n) is 2.71. The smallest absolute Gasteiger partial charge is 0.119 e. The number of ether oxygens (including phenoxy) is 1. The van der Waals surface area contributed by atoms with E-state index in [1.807, 2.05) is 0 Å². The summed E-state index contributed by atoms with van der Waals surface area (Å²) in [4.78, 5) is 0. The van der Waals surface area contributed by atoms with Crippen LogP contribution in [0.4, 0.5) is 0 Å². The second-order valence-corrected chi connectivity index (χ2v) is 6.42. The summed E-state index contributed by atoms with van der Waals surface area (Å²) >= 11 is 0. The van der Waals surface area contributed by atoms with Crippen molar-refractivity contribution >= 4 is 0 Å². The van der Waals surface area contributed by atoms with Gasteiger partial charge in [-0.1, -0.05) is 82.5 Å². The molecule has 0 saturated heterocycles. The van der Waals surface area contributed by atoms with Crippen LogP contribution >= 0.6 is 0 Å². The van der Waals surface area contributed by atoms with Crippen LogP contribution < -0.4 is 4.74 Å². The van der Waals surface area contributed by atoms with E-state index in [9.17, 15) is 0 Å². The van der Waals surface area contributed by atoms with E-state index in [1.54, 1.807) is 0 Å². The zero-order chi connectivity index (χ0) is 15.8. The minimum atomic E-state index is 0.0148. The lowest BCUT2D eigenvalue weighted by molar-refractivity contribution is 0.305. The summed E-state index contributed by atoms with van der Waals surface area (Å²) in [6.07, 6.45) is 4.97. The molecule has 0 aliphatic rings. The van der Waals surface area contributed by atoms with Crippen molar-refractivity contribution < 1.29 is 4.74 Å². The van der Waals surface area contributed by atoms with Crippen LogP contribution in [0.25, 0.3) is 0 Å². The molecule has 0 aliphatic carbocycles. The molecule has 0 heterocycles. The minimum Gasteiger partial charge on any atom is -0.494 e. The van der Waals surface area contributed by atoms with Crippen LogP contribution in [0.5, 0.6) is 5.75 Å². The molecule has 0 N–H and O–H groups in total. The number of benzene rings is 2. The first-order valence-corrected chi connectivity index (χ1v) is 8.43. The van der Waals surface area contributed by atoms with Gasteiger partial charge < -0.3 is 4.74 Å². The molecule has 22 heavy (non-hydrogen) atoms. The van der Waals surface area contributed by atoms with Crippen molar-refractivity contribution in [3.8, 4) is 5.75 Å². The molecule has 0 saturated carbocycles. The van der Waals surface area contributed by atoms with E-state index in [0.29, 0.717) is 0 Å². The summed E-state index contributed by atoms with van der Waals surface area (Å²) in [5.41, 5.74) is 2.67. The fourth-order valence-corrected chi connectivity index (χ4v) is 2.71. The van der Waals surface area contributed by atoms with E-state index < -0.39 is 0 Å². The standard InChI is InChI=1S/C21H28O/c1-4-5-6-10-17-22-20-15-13-19(14-16-20)21(2,3)18-11-8-7-9-12-18/h7-9,11-16H,4-6,10,17H2,1-3H3. The summed E-state index contributed by atoms with van der Waals surface area (Å²) in [6, 6.07) is 19.2.